The second-order valence-electron chi connectivity index (χ2n) is 5.71. The van der Waals surface area contributed by atoms with Crippen molar-refractivity contribution in [1.82, 2.24) is 5.32 Å². The molecule has 20 heavy (non-hydrogen) atoms. The van der Waals surface area contributed by atoms with Crippen molar-refractivity contribution < 1.29 is 18.3 Å². The van der Waals surface area contributed by atoms with Gasteiger partial charge in [0.15, 0.2) is 0 Å². The molecule has 1 saturated carbocycles. The van der Waals surface area contributed by atoms with Crippen molar-refractivity contribution in [3.05, 3.63) is 0 Å². The lowest BCUT2D eigenvalue weighted by Crippen LogP contribution is -2.45. The van der Waals surface area contributed by atoms with E-state index in [1.54, 1.807) is 0 Å². The molecule has 2 rings (SSSR count). The second-order valence-corrected chi connectivity index (χ2v) is 5.71. The summed E-state index contributed by atoms with van der Waals surface area (Å²) < 4.78 is 31.9. The minimum Gasteiger partial charge on any atom is -0.381 e. The zero-order valence-corrected chi connectivity index (χ0v) is 11.4. The Morgan fingerprint density at radius 3 is 2.65 bits per heavy atom. The SMILES string of the molecule is N#CC(NC(=O)C1CCCC(F)(F)C1)C1CCOCC1. The van der Waals surface area contributed by atoms with Crippen molar-refractivity contribution in [2.45, 2.75) is 50.5 Å². The number of alkyl halides is 2. The van der Waals surface area contributed by atoms with Crippen LogP contribution in [0.1, 0.15) is 38.5 Å². The molecular formula is C14H20F2N2O2. The zero-order valence-electron chi connectivity index (χ0n) is 11.4. The average Bonchev–Trinajstić information content (AvgIpc) is 2.44. The number of amides is 1. The molecule has 1 aliphatic heterocycles. The van der Waals surface area contributed by atoms with Crippen LogP contribution in [0.5, 0.6) is 0 Å². The third kappa shape index (κ3) is 3.89. The number of rotatable bonds is 3. The molecule has 0 spiro atoms. The molecule has 1 aliphatic carbocycles. The quantitative estimate of drug-likeness (QED) is 0.865. The Balaban J connectivity index is 1.90. The van der Waals surface area contributed by atoms with Crippen LogP contribution in [0.15, 0.2) is 0 Å². The largest absolute Gasteiger partial charge is 0.381 e. The van der Waals surface area contributed by atoms with Gasteiger partial charge in [-0.2, -0.15) is 5.26 Å². The second kappa shape index (κ2) is 6.49. The van der Waals surface area contributed by atoms with Gasteiger partial charge in [-0.15, -0.1) is 0 Å². The van der Waals surface area contributed by atoms with Gasteiger partial charge in [0.25, 0.3) is 0 Å². The summed E-state index contributed by atoms with van der Waals surface area (Å²) in [5.74, 6) is -3.76. The predicted molar refractivity (Wildman–Crippen MR) is 68.0 cm³/mol. The van der Waals surface area contributed by atoms with Crippen LogP contribution in [0, 0.1) is 23.2 Å². The fourth-order valence-electron chi connectivity index (χ4n) is 2.97. The normalized spacial score (nSPS) is 28.4. The Morgan fingerprint density at radius 1 is 1.35 bits per heavy atom. The number of carbonyl (C=O) groups is 1. The van der Waals surface area contributed by atoms with Gasteiger partial charge in [-0.05, 0) is 31.6 Å². The number of carbonyl (C=O) groups excluding carboxylic acids is 1. The molecule has 1 amide bonds. The minimum atomic E-state index is -2.75. The van der Waals surface area contributed by atoms with E-state index in [0.717, 1.165) is 12.8 Å². The number of nitrogens with zero attached hydrogens (tertiary/aromatic N) is 1. The van der Waals surface area contributed by atoms with Crippen LogP contribution in [-0.2, 0) is 9.53 Å². The molecule has 1 saturated heterocycles. The van der Waals surface area contributed by atoms with E-state index in [4.69, 9.17) is 4.74 Å². The first kappa shape index (κ1) is 15.2. The third-order valence-electron chi connectivity index (χ3n) is 4.19. The fraction of sp³-hybridized carbons (Fsp3) is 0.857. The summed E-state index contributed by atoms with van der Waals surface area (Å²) in [5, 5.41) is 11.8. The summed E-state index contributed by atoms with van der Waals surface area (Å²) in [6, 6.07) is 1.49. The summed E-state index contributed by atoms with van der Waals surface area (Å²) in [5.41, 5.74) is 0. The summed E-state index contributed by atoms with van der Waals surface area (Å²) in [7, 11) is 0. The molecular weight excluding hydrogens is 266 g/mol. The molecule has 4 nitrogen and oxygen atoms in total. The Kier molecular flexibility index (Phi) is 4.92. The summed E-state index contributed by atoms with van der Waals surface area (Å²) in [4.78, 5) is 12.1. The first-order valence-electron chi connectivity index (χ1n) is 7.17. The van der Waals surface area contributed by atoms with Crippen LogP contribution in [0.4, 0.5) is 8.78 Å². The monoisotopic (exact) mass is 286 g/mol. The molecule has 2 atom stereocenters. The Hall–Kier alpha value is -1.22. The number of nitrogens with one attached hydrogen (secondary N) is 1. The topological polar surface area (TPSA) is 62.1 Å². The molecule has 2 aliphatic rings. The summed E-state index contributed by atoms with van der Waals surface area (Å²) >= 11 is 0. The maximum Gasteiger partial charge on any atom is 0.248 e. The number of hydrogen-bond donors (Lipinski definition) is 1. The average molecular weight is 286 g/mol. The highest BCUT2D eigenvalue weighted by molar-refractivity contribution is 5.79. The molecule has 112 valence electrons. The smallest absolute Gasteiger partial charge is 0.248 e. The van der Waals surface area contributed by atoms with E-state index in [-0.39, 0.29) is 12.3 Å². The first-order valence-corrected chi connectivity index (χ1v) is 7.17. The lowest BCUT2D eigenvalue weighted by molar-refractivity contribution is -0.133. The van der Waals surface area contributed by atoms with Gasteiger partial charge in [0.2, 0.25) is 11.8 Å². The van der Waals surface area contributed by atoms with Crippen LogP contribution in [0.2, 0.25) is 0 Å². The number of halogens is 2. The first-order chi connectivity index (χ1) is 9.52. The lowest BCUT2D eigenvalue weighted by atomic mass is 9.85. The van der Waals surface area contributed by atoms with Crippen LogP contribution >= 0.6 is 0 Å². The zero-order chi connectivity index (χ0) is 14.6. The van der Waals surface area contributed by atoms with E-state index in [0.29, 0.717) is 26.1 Å². The molecule has 0 aromatic heterocycles. The van der Waals surface area contributed by atoms with Crippen molar-refractivity contribution >= 4 is 5.91 Å². The fourth-order valence-corrected chi connectivity index (χ4v) is 2.97. The molecule has 0 radical (unpaired) electrons. The van der Waals surface area contributed by atoms with E-state index >= 15 is 0 Å². The summed E-state index contributed by atoms with van der Waals surface area (Å²) in [6.07, 6.45) is 1.74. The van der Waals surface area contributed by atoms with E-state index < -0.39 is 30.2 Å². The molecule has 0 bridgehead atoms. The van der Waals surface area contributed by atoms with Gasteiger partial charge in [0.05, 0.1) is 6.07 Å². The van der Waals surface area contributed by atoms with Gasteiger partial charge >= 0.3 is 0 Å². The molecule has 2 fully saturated rings. The highest BCUT2D eigenvalue weighted by Gasteiger charge is 2.40. The Labute approximate surface area is 117 Å². The van der Waals surface area contributed by atoms with E-state index in [2.05, 4.69) is 11.4 Å². The Bertz CT molecular complexity index is 389. The molecule has 6 heteroatoms. The number of nitriles is 1. The van der Waals surface area contributed by atoms with E-state index in [1.807, 2.05) is 0 Å². The highest BCUT2D eigenvalue weighted by Crippen LogP contribution is 2.36. The van der Waals surface area contributed by atoms with Crippen LogP contribution in [0.3, 0.4) is 0 Å². The standard InChI is InChI=1S/C14H20F2N2O2/c15-14(16)5-1-2-11(8-14)13(19)18-12(9-17)10-3-6-20-7-4-10/h10-12H,1-8H2,(H,18,19). The maximum absolute atomic E-state index is 13.3. The molecule has 2 unspecified atom stereocenters. The minimum absolute atomic E-state index is 0.0572. The van der Waals surface area contributed by atoms with Crippen LogP contribution in [0.25, 0.3) is 0 Å². The van der Waals surface area contributed by atoms with Crippen molar-refractivity contribution in [2.24, 2.45) is 11.8 Å². The van der Waals surface area contributed by atoms with Gasteiger partial charge in [0.1, 0.15) is 6.04 Å². The van der Waals surface area contributed by atoms with E-state index in [1.165, 1.54) is 0 Å². The number of hydrogen-bond acceptors (Lipinski definition) is 3. The highest BCUT2D eigenvalue weighted by atomic mass is 19.3. The molecule has 1 heterocycles. The van der Waals surface area contributed by atoms with Crippen molar-refractivity contribution in [1.29, 1.82) is 5.26 Å². The maximum atomic E-state index is 13.3. The van der Waals surface area contributed by atoms with Gasteiger partial charge in [-0.25, -0.2) is 8.78 Å². The van der Waals surface area contributed by atoms with Crippen molar-refractivity contribution in [2.75, 3.05) is 13.2 Å². The molecule has 0 aromatic rings. The molecule has 0 aromatic carbocycles. The van der Waals surface area contributed by atoms with Crippen molar-refractivity contribution in [3.8, 4) is 6.07 Å². The number of ether oxygens (including phenoxy) is 1. The van der Waals surface area contributed by atoms with E-state index in [9.17, 15) is 18.8 Å². The van der Waals surface area contributed by atoms with Crippen LogP contribution in [-0.4, -0.2) is 31.1 Å². The summed E-state index contributed by atoms with van der Waals surface area (Å²) in [6.45, 7) is 1.17. The van der Waals surface area contributed by atoms with Crippen molar-refractivity contribution in [3.63, 3.8) is 0 Å². The third-order valence-corrected chi connectivity index (χ3v) is 4.19. The van der Waals surface area contributed by atoms with Gasteiger partial charge in [-0.3, -0.25) is 4.79 Å². The van der Waals surface area contributed by atoms with Crippen LogP contribution < -0.4 is 5.32 Å². The van der Waals surface area contributed by atoms with Gasteiger partial charge < -0.3 is 10.1 Å². The Morgan fingerprint density at radius 2 is 2.05 bits per heavy atom. The molecule has 1 N–H and O–H groups in total. The predicted octanol–water partition coefficient (Wildman–Crippen LogP) is 2.25. The van der Waals surface area contributed by atoms with Gasteiger partial charge in [-0.1, -0.05) is 0 Å². The lowest BCUT2D eigenvalue weighted by Gasteiger charge is -2.31. The van der Waals surface area contributed by atoms with Gasteiger partial charge in [0, 0.05) is 32.0 Å².